The molecule has 0 saturated carbocycles. The van der Waals surface area contributed by atoms with Crippen LogP contribution < -0.4 is 0 Å². The molecular formula is C59H34N4O. The standard InChI is InChI=1S/C59H34N4O/c1-2-15-36(16-3-1)57-60-58(49-31-39-19-7-8-20-41(39)43-22-10-11-23-44(43)49)62-59(61-57)50-34-48-46-28-27-40(33-54(46)64-56(48)47-25-13-12-24-45(47)50)63-52-29-26-35-14-6-9-21-42(35)55(52)51-30-37-17-4-5-18-38(37)32-53(51)63/h1-34H. The topological polar surface area (TPSA) is 56.7 Å². The van der Waals surface area contributed by atoms with Crippen LogP contribution in [0.5, 0.6) is 0 Å². The molecule has 3 aromatic heterocycles. The number of aromatic nitrogens is 4. The molecule has 0 spiro atoms. The maximum Gasteiger partial charge on any atom is 0.164 e. The average molecular weight is 815 g/mol. The van der Waals surface area contributed by atoms with Gasteiger partial charge in [0.15, 0.2) is 17.5 Å². The third-order valence-electron chi connectivity index (χ3n) is 13.2. The number of rotatable bonds is 4. The van der Waals surface area contributed by atoms with Crippen LogP contribution in [0.25, 0.3) is 137 Å². The second-order valence-corrected chi connectivity index (χ2v) is 16.7. The minimum atomic E-state index is 0.606. The first-order valence-corrected chi connectivity index (χ1v) is 21.7. The molecule has 0 N–H and O–H groups in total. The maximum atomic E-state index is 6.97. The van der Waals surface area contributed by atoms with E-state index in [1.165, 1.54) is 37.7 Å². The fraction of sp³-hybridized carbons (Fsp3) is 0. The van der Waals surface area contributed by atoms with E-state index in [1.807, 2.05) is 18.2 Å². The molecule has 3 heterocycles. The van der Waals surface area contributed by atoms with Crippen molar-refractivity contribution in [3.05, 3.63) is 206 Å². The Hall–Kier alpha value is -8.67. The van der Waals surface area contributed by atoms with E-state index >= 15 is 0 Å². The average Bonchev–Trinajstić information content (AvgIpc) is 3.90. The molecule has 0 bridgehead atoms. The molecule has 64 heavy (non-hydrogen) atoms. The quantitative estimate of drug-likeness (QED) is 0.166. The fourth-order valence-electron chi connectivity index (χ4n) is 10.2. The van der Waals surface area contributed by atoms with E-state index in [0.29, 0.717) is 17.5 Å². The van der Waals surface area contributed by atoms with E-state index in [9.17, 15) is 0 Å². The number of nitrogens with zero attached hydrogens (tertiary/aromatic N) is 4. The van der Waals surface area contributed by atoms with Crippen LogP contribution in [0.1, 0.15) is 0 Å². The van der Waals surface area contributed by atoms with Crippen LogP contribution in [-0.4, -0.2) is 19.5 Å². The predicted octanol–water partition coefficient (Wildman–Crippen LogP) is 15.6. The van der Waals surface area contributed by atoms with Gasteiger partial charge >= 0.3 is 0 Å². The minimum absolute atomic E-state index is 0.606. The maximum absolute atomic E-state index is 6.97. The van der Waals surface area contributed by atoms with Crippen molar-refractivity contribution in [2.45, 2.75) is 0 Å². The molecule has 0 radical (unpaired) electrons. The number of fused-ring (bicyclic) bond motifs is 14. The van der Waals surface area contributed by atoms with Crippen molar-refractivity contribution in [3.8, 4) is 39.9 Å². The van der Waals surface area contributed by atoms with Gasteiger partial charge in [-0.15, -0.1) is 0 Å². The molecule has 0 unspecified atom stereocenters. The van der Waals surface area contributed by atoms with Gasteiger partial charge in [0.1, 0.15) is 11.2 Å². The number of hydrogen-bond donors (Lipinski definition) is 0. The summed E-state index contributed by atoms with van der Waals surface area (Å²) in [6.45, 7) is 0. The molecule has 5 nitrogen and oxygen atoms in total. The van der Waals surface area contributed by atoms with Crippen LogP contribution in [0.2, 0.25) is 0 Å². The first-order chi connectivity index (χ1) is 31.7. The predicted molar refractivity (Wildman–Crippen MR) is 265 cm³/mol. The van der Waals surface area contributed by atoms with Crippen molar-refractivity contribution in [1.29, 1.82) is 0 Å². The highest BCUT2D eigenvalue weighted by Gasteiger charge is 2.22. The second-order valence-electron chi connectivity index (χ2n) is 16.7. The Morgan fingerprint density at radius 2 is 0.922 bits per heavy atom. The van der Waals surface area contributed by atoms with Gasteiger partial charge in [-0.25, -0.2) is 15.0 Å². The molecule has 0 atom stereocenters. The van der Waals surface area contributed by atoms with Gasteiger partial charge in [0.05, 0.1) is 11.0 Å². The van der Waals surface area contributed by atoms with E-state index in [4.69, 9.17) is 19.4 Å². The summed E-state index contributed by atoms with van der Waals surface area (Å²) >= 11 is 0. The Kier molecular flexibility index (Phi) is 7.33. The zero-order valence-corrected chi connectivity index (χ0v) is 34.3. The third kappa shape index (κ3) is 5.15. The lowest BCUT2D eigenvalue weighted by molar-refractivity contribution is 0.672. The van der Waals surface area contributed by atoms with Crippen LogP contribution in [0, 0.1) is 0 Å². The zero-order chi connectivity index (χ0) is 41.9. The Balaban J connectivity index is 1.01. The molecule has 5 heteroatoms. The van der Waals surface area contributed by atoms with Gasteiger partial charge in [0, 0.05) is 55.4 Å². The van der Waals surface area contributed by atoms with Gasteiger partial charge < -0.3 is 8.98 Å². The highest BCUT2D eigenvalue weighted by atomic mass is 16.3. The van der Waals surface area contributed by atoms with E-state index in [0.717, 1.165) is 82.3 Å². The summed E-state index contributed by atoms with van der Waals surface area (Å²) in [5.74, 6) is 1.86. The smallest absolute Gasteiger partial charge is 0.164 e. The number of furan rings is 1. The third-order valence-corrected chi connectivity index (χ3v) is 13.2. The van der Waals surface area contributed by atoms with Crippen molar-refractivity contribution in [3.63, 3.8) is 0 Å². The highest BCUT2D eigenvalue weighted by Crippen LogP contribution is 2.43. The molecule has 11 aromatic carbocycles. The lowest BCUT2D eigenvalue weighted by atomic mass is 9.96. The minimum Gasteiger partial charge on any atom is -0.455 e. The second kappa shape index (κ2) is 13.4. The lowest BCUT2D eigenvalue weighted by Gasteiger charge is -2.13. The summed E-state index contributed by atoms with van der Waals surface area (Å²) in [4.78, 5) is 15.8. The van der Waals surface area contributed by atoms with Gasteiger partial charge in [-0.1, -0.05) is 158 Å². The molecule has 0 saturated heterocycles. The molecule has 0 aliphatic rings. The molecule has 0 fully saturated rings. The first-order valence-electron chi connectivity index (χ1n) is 21.7. The van der Waals surface area contributed by atoms with Crippen molar-refractivity contribution in [2.24, 2.45) is 0 Å². The van der Waals surface area contributed by atoms with Crippen LogP contribution in [0.3, 0.4) is 0 Å². The van der Waals surface area contributed by atoms with Crippen molar-refractivity contribution in [1.82, 2.24) is 19.5 Å². The number of hydrogen-bond acceptors (Lipinski definition) is 4. The molecule has 296 valence electrons. The molecule has 0 amide bonds. The van der Waals surface area contributed by atoms with Crippen LogP contribution in [0.15, 0.2) is 211 Å². The largest absolute Gasteiger partial charge is 0.455 e. The molecule has 0 aliphatic heterocycles. The Labute approximate surface area is 366 Å². The zero-order valence-electron chi connectivity index (χ0n) is 34.3. The van der Waals surface area contributed by atoms with Gasteiger partial charge in [-0.05, 0) is 90.9 Å². The summed E-state index contributed by atoms with van der Waals surface area (Å²) in [5.41, 5.74) is 7.82. The monoisotopic (exact) mass is 814 g/mol. The first kappa shape index (κ1) is 35.0. The van der Waals surface area contributed by atoms with Gasteiger partial charge in [-0.3, -0.25) is 0 Å². The van der Waals surface area contributed by atoms with Crippen LogP contribution >= 0.6 is 0 Å². The van der Waals surface area contributed by atoms with Crippen molar-refractivity contribution in [2.75, 3.05) is 0 Å². The van der Waals surface area contributed by atoms with E-state index in [2.05, 4.69) is 193 Å². The van der Waals surface area contributed by atoms with Crippen molar-refractivity contribution < 1.29 is 4.42 Å². The summed E-state index contributed by atoms with van der Waals surface area (Å²) in [5, 5.41) is 16.0. The van der Waals surface area contributed by atoms with Crippen LogP contribution in [0.4, 0.5) is 0 Å². The van der Waals surface area contributed by atoms with Crippen molar-refractivity contribution >= 4 is 97.6 Å². The van der Waals surface area contributed by atoms with E-state index in [-0.39, 0.29) is 0 Å². The highest BCUT2D eigenvalue weighted by molar-refractivity contribution is 6.24. The Morgan fingerprint density at radius 3 is 1.70 bits per heavy atom. The number of benzene rings is 11. The summed E-state index contributed by atoms with van der Waals surface area (Å²) in [6, 6.07) is 73.3. The molecule has 0 aliphatic carbocycles. The van der Waals surface area contributed by atoms with Gasteiger partial charge in [0.25, 0.3) is 0 Å². The van der Waals surface area contributed by atoms with E-state index in [1.54, 1.807) is 0 Å². The molecular weight excluding hydrogens is 781 g/mol. The fourth-order valence-corrected chi connectivity index (χ4v) is 10.2. The lowest BCUT2D eigenvalue weighted by Crippen LogP contribution is -2.01. The van der Waals surface area contributed by atoms with Crippen LogP contribution in [-0.2, 0) is 0 Å². The Morgan fingerprint density at radius 1 is 0.328 bits per heavy atom. The Bertz CT molecular complexity index is 4260. The molecule has 14 rings (SSSR count). The molecule has 14 aromatic rings. The normalized spacial score (nSPS) is 12.1. The SMILES string of the molecule is c1ccc(-c2nc(-c3cc4ccccc4c4ccccc34)nc(-c3cc4c5ccc(-n6c7cc8ccccc8cc7c7c8ccccc8ccc76)cc5oc4c4ccccc34)n2)cc1. The summed E-state index contributed by atoms with van der Waals surface area (Å²) in [6.07, 6.45) is 0. The van der Waals surface area contributed by atoms with Gasteiger partial charge in [-0.2, -0.15) is 0 Å². The summed E-state index contributed by atoms with van der Waals surface area (Å²) < 4.78 is 9.37. The van der Waals surface area contributed by atoms with Gasteiger partial charge in [0.2, 0.25) is 0 Å². The summed E-state index contributed by atoms with van der Waals surface area (Å²) in [7, 11) is 0. The van der Waals surface area contributed by atoms with E-state index < -0.39 is 0 Å².